The van der Waals surface area contributed by atoms with Crippen LogP contribution < -0.4 is 5.73 Å². The molecule has 0 amide bonds. The summed E-state index contributed by atoms with van der Waals surface area (Å²) in [6, 6.07) is 12.6. The van der Waals surface area contributed by atoms with E-state index in [2.05, 4.69) is 10.2 Å². The number of hydrogen-bond acceptors (Lipinski definition) is 3. The number of rotatable bonds is 1. The molecule has 0 radical (unpaired) electrons. The van der Waals surface area contributed by atoms with Crippen molar-refractivity contribution in [3.05, 3.63) is 53.8 Å². The Labute approximate surface area is 109 Å². The van der Waals surface area contributed by atoms with Crippen molar-refractivity contribution in [1.29, 1.82) is 0 Å². The van der Waals surface area contributed by atoms with Crippen LogP contribution in [0.25, 0.3) is 22.0 Å². The zero-order valence-corrected chi connectivity index (χ0v) is 10.4. The van der Waals surface area contributed by atoms with Crippen molar-refractivity contribution in [3.63, 3.8) is 0 Å². The third-order valence-electron chi connectivity index (χ3n) is 3.16. The molecule has 0 aliphatic rings. The van der Waals surface area contributed by atoms with E-state index in [-0.39, 0.29) is 5.82 Å². The molecule has 0 unspecified atom stereocenters. The average molecular weight is 253 g/mol. The summed E-state index contributed by atoms with van der Waals surface area (Å²) in [7, 11) is 0. The smallest absolute Gasteiger partial charge is 0.154 e. The summed E-state index contributed by atoms with van der Waals surface area (Å²) in [4.78, 5) is 0. The number of nitrogens with zero attached hydrogens (tertiary/aromatic N) is 2. The summed E-state index contributed by atoms with van der Waals surface area (Å²) in [5.41, 5.74) is 7.76. The molecular weight excluding hydrogens is 241 g/mol. The molecule has 3 aromatic rings. The van der Waals surface area contributed by atoms with E-state index in [1.54, 1.807) is 13.0 Å². The van der Waals surface area contributed by atoms with Crippen LogP contribution in [0.5, 0.6) is 0 Å². The molecule has 0 aliphatic carbocycles. The highest BCUT2D eigenvalue weighted by molar-refractivity contribution is 5.99. The molecule has 1 aromatic heterocycles. The fraction of sp³-hybridized carbons (Fsp3) is 0.0667. The topological polar surface area (TPSA) is 51.8 Å². The summed E-state index contributed by atoms with van der Waals surface area (Å²) in [5.74, 6) is 0.132. The summed E-state index contributed by atoms with van der Waals surface area (Å²) in [5, 5.41) is 9.75. The lowest BCUT2D eigenvalue weighted by Crippen LogP contribution is -1.97. The molecule has 0 atom stereocenters. The van der Waals surface area contributed by atoms with Crippen molar-refractivity contribution in [2.75, 3.05) is 5.73 Å². The van der Waals surface area contributed by atoms with Gasteiger partial charge in [0.2, 0.25) is 0 Å². The third-order valence-corrected chi connectivity index (χ3v) is 3.16. The van der Waals surface area contributed by atoms with Crippen molar-refractivity contribution < 1.29 is 4.39 Å². The molecule has 0 saturated heterocycles. The number of nitrogens with two attached hydrogens (primary N) is 1. The first-order valence-corrected chi connectivity index (χ1v) is 5.94. The first-order chi connectivity index (χ1) is 9.16. The van der Waals surface area contributed by atoms with E-state index < -0.39 is 0 Å². The highest BCUT2D eigenvalue weighted by Gasteiger charge is 2.10. The Hall–Kier alpha value is -2.49. The van der Waals surface area contributed by atoms with Gasteiger partial charge in [-0.05, 0) is 18.6 Å². The van der Waals surface area contributed by atoms with E-state index in [0.717, 1.165) is 10.8 Å². The van der Waals surface area contributed by atoms with Crippen LogP contribution in [0, 0.1) is 12.7 Å². The number of anilines is 1. The Kier molecular flexibility index (Phi) is 2.63. The molecule has 2 N–H and O–H groups in total. The number of benzene rings is 2. The lowest BCUT2D eigenvalue weighted by atomic mass is 10.0. The fourth-order valence-corrected chi connectivity index (χ4v) is 2.08. The number of nitrogen functional groups attached to an aromatic ring is 1. The van der Waals surface area contributed by atoms with Crippen LogP contribution in [-0.4, -0.2) is 10.2 Å². The quantitative estimate of drug-likeness (QED) is 0.723. The monoisotopic (exact) mass is 253 g/mol. The van der Waals surface area contributed by atoms with Crippen molar-refractivity contribution >= 4 is 16.6 Å². The fourth-order valence-electron chi connectivity index (χ4n) is 2.08. The van der Waals surface area contributed by atoms with Crippen molar-refractivity contribution in [3.8, 4) is 11.3 Å². The van der Waals surface area contributed by atoms with Crippen LogP contribution in [0.4, 0.5) is 10.2 Å². The van der Waals surface area contributed by atoms with Crippen LogP contribution in [0.15, 0.2) is 42.5 Å². The minimum absolute atomic E-state index is 0.250. The molecule has 0 aliphatic heterocycles. The molecule has 19 heavy (non-hydrogen) atoms. The second kappa shape index (κ2) is 4.31. The minimum atomic E-state index is -0.250. The first-order valence-electron chi connectivity index (χ1n) is 5.94. The van der Waals surface area contributed by atoms with Gasteiger partial charge in [-0.3, -0.25) is 0 Å². The van der Waals surface area contributed by atoms with Gasteiger partial charge in [0.1, 0.15) is 11.5 Å². The molecule has 0 fully saturated rings. The second-order valence-electron chi connectivity index (χ2n) is 4.44. The van der Waals surface area contributed by atoms with Gasteiger partial charge < -0.3 is 5.73 Å². The highest BCUT2D eigenvalue weighted by atomic mass is 19.1. The molecule has 94 valence electrons. The maximum absolute atomic E-state index is 13.7. The standard InChI is InChI=1S/C15H12FN3/c1-9-6-7-10(8-13(9)16)14-11-4-2-3-5-12(11)15(17)19-18-14/h2-8H,1H3,(H2,17,19). The summed E-state index contributed by atoms with van der Waals surface area (Å²) < 4.78 is 13.7. The molecule has 4 heteroatoms. The Morgan fingerprint density at radius 2 is 1.74 bits per heavy atom. The van der Waals surface area contributed by atoms with Crippen LogP contribution in [-0.2, 0) is 0 Å². The Morgan fingerprint density at radius 3 is 2.47 bits per heavy atom. The van der Waals surface area contributed by atoms with Crippen LogP contribution in [0.3, 0.4) is 0 Å². The van der Waals surface area contributed by atoms with E-state index in [0.29, 0.717) is 22.6 Å². The minimum Gasteiger partial charge on any atom is -0.382 e. The summed E-state index contributed by atoms with van der Waals surface area (Å²) >= 11 is 0. The average Bonchev–Trinajstić information content (AvgIpc) is 2.43. The molecule has 3 nitrogen and oxygen atoms in total. The number of halogens is 1. The molecule has 1 heterocycles. The zero-order chi connectivity index (χ0) is 13.4. The van der Waals surface area contributed by atoms with Crippen LogP contribution >= 0.6 is 0 Å². The van der Waals surface area contributed by atoms with Crippen molar-refractivity contribution in [2.45, 2.75) is 6.92 Å². The Bertz CT molecular complexity index is 768. The van der Waals surface area contributed by atoms with Gasteiger partial charge in [-0.15, -0.1) is 10.2 Å². The third kappa shape index (κ3) is 1.91. The second-order valence-corrected chi connectivity index (χ2v) is 4.44. The lowest BCUT2D eigenvalue weighted by molar-refractivity contribution is 0.619. The molecule has 0 spiro atoms. The number of fused-ring (bicyclic) bond motifs is 1. The van der Waals surface area contributed by atoms with E-state index in [1.807, 2.05) is 30.3 Å². The number of aromatic nitrogens is 2. The van der Waals surface area contributed by atoms with Crippen LogP contribution in [0.2, 0.25) is 0 Å². The highest BCUT2D eigenvalue weighted by Crippen LogP contribution is 2.29. The largest absolute Gasteiger partial charge is 0.382 e. The summed E-state index contributed by atoms with van der Waals surface area (Å²) in [6.45, 7) is 1.73. The maximum Gasteiger partial charge on any atom is 0.154 e. The van der Waals surface area contributed by atoms with E-state index in [4.69, 9.17) is 5.73 Å². The molecule has 0 saturated carbocycles. The van der Waals surface area contributed by atoms with Gasteiger partial charge in [-0.1, -0.05) is 36.4 Å². The number of aryl methyl sites for hydroxylation is 1. The van der Waals surface area contributed by atoms with E-state index >= 15 is 0 Å². The number of hydrogen-bond donors (Lipinski definition) is 1. The van der Waals surface area contributed by atoms with E-state index in [1.165, 1.54) is 6.07 Å². The first kappa shape index (κ1) is 11.6. The summed E-state index contributed by atoms with van der Waals surface area (Å²) in [6.07, 6.45) is 0. The van der Waals surface area contributed by atoms with Crippen molar-refractivity contribution in [2.24, 2.45) is 0 Å². The molecule has 3 rings (SSSR count). The normalized spacial score (nSPS) is 10.8. The van der Waals surface area contributed by atoms with Gasteiger partial charge in [-0.25, -0.2) is 4.39 Å². The van der Waals surface area contributed by atoms with Gasteiger partial charge in [0.25, 0.3) is 0 Å². The maximum atomic E-state index is 13.7. The van der Waals surface area contributed by atoms with Gasteiger partial charge in [0.05, 0.1) is 0 Å². The predicted molar refractivity (Wildman–Crippen MR) is 74.1 cm³/mol. The lowest BCUT2D eigenvalue weighted by Gasteiger charge is -2.07. The van der Waals surface area contributed by atoms with Gasteiger partial charge in [0.15, 0.2) is 5.82 Å². The van der Waals surface area contributed by atoms with Crippen LogP contribution in [0.1, 0.15) is 5.56 Å². The Morgan fingerprint density at radius 1 is 1.00 bits per heavy atom. The Balaban J connectivity index is 2.31. The molecular formula is C15H12FN3. The SMILES string of the molecule is Cc1ccc(-c2nnc(N)c3ccccc23)cc1F. The van der Waals surface area contributed by atoms with Gasteiger partial charge in [-0.2, -0.15) is 0 Å². The van der Waals surface area contributed by atoms with Gasteiger partial charge >= 0.3 is 0 Å². The van der Waals surface area contributed by atoms with E-state index in [9.17, 15) is 4.39 Å². The zero-order valence-electron chi connectivity index (χ0n) is 10.4. The predicted octanol–water partition coefficient (Wildman–Crippen LogP) is 3.33. The van der Waals surface area contributed by atoms with Gasteiger partial charge in [0, 0.05) is 16.3 Å². The molecule has 2 aromatic carbocycles. The molecule has 0 bridgehead atoms. The van der Waals surface area contributed by atoms with Crippen molar-refractivity contribution in [1.82, 2.24) is 10.2 Å².